The predicted molar refractivity (Wildman–Crippen MR) is 102 cm³/mol. The third kappa shape index (κ3) is 5.08. The summed E-state index contributed by atoms with van der Waals surface area (Å²) in [6.45, 7) is 13.3. The van der Waals surface area contributed by atoms with Crippen molar-refractivity contribution in [3.63, 3.8) is 0 Å². The first-order valence-electron chi connectivity index (χ1n) is 8.13. The zero-order valence-corrected chi connectivity index (χ0v) is 16.9. The van der Waals surface area contributed by atoms with E-state index in [-0.39, 0.29) is 6.09 Å². The molecule has 1 fully saturated rings. The molecular weight excluding hydrogens is 403 g/mol. The van der Waals surface area contributed by atoms with E-state index in [1.54, 1.807) is 0 Å². The van der Waals surface area contributed by atoms with Gasteiger partial charge in [0.05, 0.1) is 0 Å². The SMILES string of the molecule is Cc1cccc(CN2CCN(C(=O)OC(C)(C)C)C[C@@H]2C)c1I. The topological polar surface area (TPSA) is 32.8 Å². The second-order valence-electron chi connectivity index (χ2n) is 7.29. The lowest BCUT2D eigenvalue weighted by Crippen LogP contribution is -2.54. The van der Waals surface area contributed by atoms with Crippen molar-refractivity contribution in [1.82, 2.24) is 9.80 Å². The van der Waals surface area contributed by atoms with Gasteiger partial charge in [-0.3, -0.25) is 4.90 Å². The molecule has 1 amide bonds. The molecule has 1 atom stereocenters. The van der Waals surface area contributed by atoms with Crippen LogP contribution in [-0.4, -0.2) is 47.2 Å². The predicted octanol–water partition coefficient (Wildman–Crippen LogP) is 4.04. The zero-order valence-electron chi connectivity index (χ0n) is 14.7. The van der Waals surface area contributed by atoms with Gasteiger partial charge >= 0.3 is 6.09 Å². The van der Waals surface area contributed by atoms with Crippen molar-refractivity contribution in [3.05, 3.63) is 32.9 Å². The molecule has 128 valence electrons. The third-order valence-corrected chi connectivity index (χ3v) is 5.61. The molecule has 0 radical (unpaired) electrons. The number of carbonyl (C=O) groups excluding carboxylic acids is 1. The molecule has 1 heterocycles. The van der Waals surface area contributed by atoms with Crippen LogP contribution in [0.15, 0.2) is 18.2 Å². The van der Waals surface area contributed by atoms with Crippen LogP contribution < -0.4 is 0 Å². The van der Waals surface area contributed by atoms with Crippen molar-refractivity contribution in [1.29, 1.82) is 0 Å². The lowest BCUT2D eigenvalue weighted by atomic mass is 10.1. The molecular formula is C18H27IN2O2. The number of ether oxygens (including phenoxy) is 1. The number of rotatable bonds is 2. The molecule has 4 nitrogen and oxygen atoms in total. The molecule has 1 aromatic rings. The minimum atomic E-state index is -0.435. The maximum absolute atomic E-state index is 12.2. The second kappa shape index (κ2) is 7.38. The number of halogens is 1. The molecule has 1 saturated heterocycles. The van der Waals surface area contributed by atoms with Crippen LogP contribution in [0.4, 0.5) is 4.79 Å². The smallest absolute Gasteiger partial charge is 0.410 e. The van der Waals surface area contributed by atoms with Gasteiger partial charge in [0.1, 0.15) is 5.60 Å². The normalized spacial score (nSPS) is 19.7. The van der Waals surface area contributed by atoms with Gasteiger partial charge in [0.2, 0.25) is 0 Å². The number of benzene rings is 1. The van der Waals surface area contributed by atoms with Crippen LogP contribution in [0.25, 0.3) is 0 Å². The summed E-state index contributed by atoms with van der Waals surface area (Å²) in [6.07, 6.45) is -0.200. The highest BCUT2D eigenvalue weighted by atomic mass is 127. The Bertz CT molecular complexity index is 569. The Balaban J connectivity index is 1.96. The Morgan fingerprint density at radius 3 is 2.65 bits per heavy atom. The Labute approximate surface area is 153 Å². The molecule has 0 aromatic heterocycles. The zero-order chi connectivity index (χ0) is 17.2. The number of nitrogens with zero attached hydrogens (tertiary/aromatic N) is 2. The Morgan fingerprint density at radius 1 is 1.35 bits per heavy atom. The first-order valence-corrected chi connectivity index (χ1v) is 9.21. The van der Waals surface area contributed by atoms with E-state index in [1.807, 2.05) is 25.7 Å². The average Bonchev–Trinajstić information content (AvgIpc) is 2.44. The van der Waals surface area contributed by atoms with Crippen LogP contribution in [0.2, 0.25) is 0 Å². The molecule has 0 spiro atoms. The lowest BCUT2D eigenvalue weighted by Gasteiger charge is -2.40. The Kier molecular flexibility index (Phi) is 5.94. The molecule has 1 aliphatic heterocycles. The summed E-state index contributed by atoms with van der Waals surface area (Å²) >= 11 is 2.43. The maximum Gasteiger partial charge on any atom is 0.410 e. The number of hydrogen-bond donors (Lipinski definition) is 0. The molecule has 0 aliphatic carbocycles. The van der Waals surface area contributed by atoms with Gasteiger partial charge in [-0.2, -0.15) is 0 Å². The summed E-state index contributed by atoms with van der Waals surface area (Å²) in [5.41, 5.74) is 2.25. The molecule has 5 heteroatoms. The van der Waals surface area contributed by atoms with Gasteiger partial charge in [0.25, 0.3) is 0 Å². The van der Waals surface area contributed by atoms with Gasteiger partial charge in [-0.25, -0.2) is 4.79 Å². The summed E-state index contributed by atoms with van der Waals surface area (Å²) in [5.74, 6) is 0. The Hall–Kier alpha value is -0.820. The maximum atomic E-state index is 12.2. The monoisotopic (exact) mass is 430 g/mol. The van der Waals surface area contributed by atoms with Crippen molar-refractivity contribution in [3.8, 4) is 0 Å². The van der Waals surface area contributed by atoms with E-state index in [1.165, 1.54) is 14.7 Å². The molecule has 0 bridgehead atoms. The number of amides is 1. The van der Waals surface area contributed by atoms with Crippen LogP contribution in [0.5, 0.6) is 0 Å². The summed E-state index contributed by atoms with van der Waals surface area (Å²) in [4.78, 5) is 16.5. The van der Waals surface area contributed by atoms with E-state index >= 15 is 0 Å². The van der Waals surface area contributed by atoms with Crippen LogP contribution in [0.3, 0.4) is 0 Å². The molecule has 0 saturated carbocycles. The minimum absolute atomic E-state index is 0.200. The van der Waals surface area contributed by atoms with Crippen molar-refractivity contribution in [2.24, 2.45) is 0 Å². The first kappa shape index (κ1) is 18.5. The number of hydrogen-bond acceptors (Lipinski definition) is 3. The molecule has 0 unspecified atom stereocenters. The molecule has 0 N–H and O–H groups in total. The fourth-order valence-corrected chi connectivity index (χ4v) is 3.30. The van der Waals surface area contributed by atoms with E-state index in [0.717, 1.165) is 26.2 Å². The summed E-state index contributed by atoms with van der Waals surface area (Å²) in [7, 11) is 0. The highest BCUT2D eigenvalue weighted by molar-refractivity contribution is 14.1. The number of piperazine rings is 1. The van der Waals surface area contributed by atoms with Gasteiger partial charge < -0.3 is 9.64 Å². The van der Waals surface area contributed by atoms with Gasteiger partial charge in [0, 0.05) is 35.8 Å². The van der Waals surface area contributed by atoms with Crippen LogP contribution in [0.1, 0.15) is 38.8 Å². The molecule has 1 aromatic carbocycles. The highest BCUT2D eigenvalue weighted by Gasteiger charge is 2.29. The largest absolute Gasteiger partial charge is 0.444 e. The lowest BCUT2D eigenvalue weighted by molar-refractivity contribution is 0.00458. The number of carbonyl (C=O) groups is 1. The fourth-order valence-electron chi connectivity index (χ4n) is 2.77. The average molecular weight is 430 g/mol. The molecule has 23 heavy (non-hydrogen) atoms. The van der Waals surface area contributed by atoms with Crippen molar-refractivity contribution < 1.29 is 9.53 Å². The first-order chi connectivity index (χ1) is 10.7. The minimum Gasteiger partial charge on any atom is -0.444 e. The van der Waals surface area contributed by atoms with Gasteiger partial charge in [0.15, 0.2) is 0 Å². The summed E-state index contributed by atoms with van der Waals surface area (Å²) in [5, 5.41) is 0. The standard InChI is InChI=1S/C18H27IN2O2/c1-13-7-6-8-15(16(13)19)12-20-9-10-21(11-14(20)2)17(22)23-18(3,4)5/h6-8,14H,9-12H2,1-5H3/t14-/m0/s1. The third-order valence-electron chi connectivity index (χ3n) is 4.06. The number of aryl methyl sites for hydroxylation is 1. The highest BCUT2D eigenvalue weighted by Crippen LogP contribution is 2.21. The van der Waals surface area contributed by atoms with Crippen LogP contribution >= 0.6 is 22.6 Å². The van der Waals surface area contributed by atoms with Gasteiger partial charge in [-0.15, -0.1) is 0 Å². The van der Waals surface area contributed by atoms with Crippen molar-refractivity contribution in [2.75, 3.05) is 19.6 Å². The van der Waals surface area contributed by atoms with Crippen LogP contribution in [0, 0.1) is 10.5 Å². The summed E-state index contributed by atoms with van der Waals surface area (Å²) < 4.78 is 6.82. The van der Waals surface area contributed by atoms with E-state index in [0.29, 0.717) is 6.04 Å². The molecule has 2 rings (SSSR count). The van der Waals surface area contributed by atoms with Gasteiger partial charge in [-0.05, 0) is 68.3 Å². The van der Waals surface area contributed by atoms with E-state index in [9.17, 15) is 4.79 Å². The van der Waals surface area contributed by atoms with E-state index < -0.39 is 5.60 Å². The quantitative estimate of drug-likeness (QED) is 0.664. The fraction of sp³-hybridized carbons (Fsp3) is 0.611. The van der Waals surface area contributed by atoms with Gasteiger partial charge in [-0.1, -0.05) is 18.2 Å². The van der Waals surface area contributed by atoms with Crippen molar-refractivity contribution in [2.45, 2.75) is 52.8 Å². The van der Waals surface area contributed by atoms with Crippen molar-refractivity contribution >= 4 is 28.7 Å². The molecule has 1 aliphatic rings. The summed E-state index contributed by atoms with van der Waals surface area (Å²) in [6, 6.07) is 6.79. The second-order valence-corrected chi connectivity index (χ2v) is 8.37. The van der Waals surface area contributed by atoms with E-state index in [2.05, 4.69) is 59.5 Å². The van der Waals surface area contributed by atoms with E-state index in [4.69, 9.17) is 4.74 Å². The Morgan fingerprint density at radius 2 is 2.04 bits per heavy atom. The van der Waals surface area contributed by atoms with Crippen LogP contribution in [-0.2, 0) is 11.3 Å².